The van der Waals surface area contributed by atoms with Crippen molar-refractivity contribution in [3.63, 3.8) is 0 Å². The van der Waals surface area contributed by atoms with E-state index in [-0.39, 0.29) is 16.8 Å². The van der Waals surface area contributed by atoms with Crippen LogP contribution in [0.5, 0.6) is 0 Å². The van der Waals surface area contributed by atoms with Crippen molar-refractivity contribution in [3.8, 4) is 0 Å². The highest BCUT2D eigenvalue weighted by Gasteiger charge is 2.38. The predicted molar refractivity (Wildman–Crippen MR) is 92.4 cm³/mol. The summed E-state index contributed by atoms with van der Waals surface area (Å²) < 4.78 is 38.1. The summed E-state index contributed by atoms with van der Waals surface area (Å²) in [6, 6.07) is 7.45. The molecule has 2 heterocycles. The van der Waals surface area contributed by atoms with E-state index in [0.717, 1.165) is 30.5 Å². The maximum absolute atomic E-state index is 12.6. The van der Waals surface area contributed by atoms with Gasteiger partial charge in [0.25, 0.3) is 5.82 Å². The number of nitrogens with one attached hydrogen (secondary N) is 1. The summed E-state index contributed by atoms with van der Waals surface area (Å²) in [5.74, 6) is 3.50. The van der Waals surface area contributed by atoms with Gasteiger partial charge in [0.2, 0.25) is 11.1 Å². The molecule has 1 aromatic heterocycles. The molecule has 0 unspecified atom stereocenters. The molecule has 140 valence electrons. The van der Waals surface area contributed by atoms with Gasteiger partial charge in [-0.1, -0.05) is 11.8 Å². The molecule has 1 aliphatic rings. The molecule has 26 heavy (non-hydrogen) atoms. The molecule has 2 aromatic rings. The molecule has 0 saturated carbocycles. The Labute approximate surface area is 151 Å². The van der Waals surface area contributed by atoms with Gasteiger partial charge >= 0.3 is 6.18 Å². The van der Waals surface area contributed by atoms with Crippen LogP contribution in [0.2, 0.25) is 0 Å². The molecule has 1 saturated heterocycles. The highest BCUT2D eigenvalue weighted by atomic mass is 32.2. The molecule has 1 amide bonds. The van der Waals surface area contributed by atoms with Crippen LogP contribution in [-0.2, 0) is 11.0 Å². The van der Waals surface area contributed by atoms with Gasteiger partial charge in [0.05, 0.1) is 5.75 Å². The molecular weight excluding hydrogens is 369 g/mol. The number of nitrogens with zero attached hydrogens (tertiary/aromatic N) is 4. The van der Waals surface area contributed by atoms with Crippen LogP contribution in [0.3, 0.4) is 0 Å². The fraction of sp³-hybridized carbons (Fsp3) is 0.400. The molecule has 11 heteroatoms. The lowest BCUT2D eigenvalue weighted by atomic mass is 10.2. The van der Waals surface area contributed by atoms with Crippen molar-refractivity contribution >= 4 is 29.0 Å². The van der Waals surface area contributed by atoms with Crippen LogP contribution in [0.1, 0.15) is 18.7 Å². The monoisotopic (exact) mass is 386 g/mol. The number of amides is 1. The third-order valence-electron chi connectivity index (χ3n) is 3.87. The molecule has 0 aliphatic carbocycles. The van der Waals surface area contributed by atoms with E-state index in [4.69, 9.17) is 5.84 Å². The van der Waals surface area contributed by atoms with Crippen LogP contribution >= 0.6 is 11.8 Å². The Morgan fingerprint density at radius 3 is 2.42 bits per heavy atom. The normalized spacial score (nSPS) is 14.7. The topological polar surface area (TPSA) is 89.1 Å². The second kappa shape index (κ2) is 7.44. The third kappa shape index (κ3) is 4.21. The van der Waals surface area contributed by atoms with E-state index >= 15 is 0 Å². The first-order valence-electron chi connectivity index (χ1n) is 7.90. The van der Waals surface area contributed by atoms with Gasteiger partial charge in [-0.2, -0.15) is 13.2 Å². The number of nitrogen functional groups attached to an aromatic ring is 1. The first-order chi connectivity index (χ1) is 12.3. The SMILES string of the molecule is Nn1c(SCC(=O)Nc2ccc(N3CCCC3)cc2)nnc1C(F)(F)F. The minimum atomic E-state index is -4.69. The maximum atomic E-state index is 12.6. The van der Waals surface area contributed by atoms with Crippen LogP contribution in [0, 0.1) is 0 Å². The number of halogens is 3. The number of aromatic nitrogens is 3. The lowest BCUT2D eigenvalue weighted by Crippen LogP contribution is -2.22. The average molecular weight is 386 g/mol. The van der Waals surface area contributed by atoms with Crippen LogP contribution < -0.4 is 16.1 Å². The minimum absolute atomic E-state index is 0.138. The van der Waals surface area contributed by atoms with Crippen LogP contribution in [0.4, 0.5) is 24.5 Å². The molecule has 0 radical (unpaired) electrons. The lowest BCUT2D eigenvalue weighted by molar-refractivity contribution is -0.146. The van der Waals surface area contributed by atoms with E-state index in [1.165, 1.54) is 12.8 Å². The molecule has 0 bridgehead atoms. The first-order valence-corrected chi connectivity index (χ1v) is 8.88. The number of hydrogen-bond donors (Lipinski definition) is 2. The molecule has 1 aromatic carbocycles. The van der Waals surface area contributed by atoms with Crippen molar-refractivity contribution in [2.24, 2.45) is 0 Å². The maximum Gasteiger partial charge on any atom is 0.453 e. The van der Waals surface area contributed by atoms with Gasteiger partial charge in [-0.25, -0.2) is 4.68 Å². The van der Waals surface area contributed by atoms with Gasteiger partial charge in [-0.05, 0) is 37.1 Å². The molecular formula is C15H17F3N6OS. The van der Waals surface area contributed by atoms with Gasteiger partial charge in [-0.15, -0.1) is 10.2 Å². The molecule has 1 aliphatic heterocycles. The zero-order valence-corrected chi connectivity index (χ0v) is 14.5. The van der Waals surface area contributed by atoms with E-state index in [1.54, 1.807) is 12.1 Å². The second-order valence-electron chi connectivity index (χ2n) is 5.75. The Hall–Kier alpha value is -2.43. The van der Waals surface area contributed by atoms with E-state index in [9.17, 15) is 18.0 Å². The van der Waals surface area contributed by atoms with E-state index < -0.39 is 12.0 Å². The van der Waals surface area contributed by atoms with Crippen molar-refractivity contribution in [1.29, 1.82) is 0 Å². The van der Waals surface area contributed by atoms with Crippen molar-refractivity contribution in [1.82, 2.24) is 14.9 Å². The van der Waals surface area contributed by atoms with E-state index in [1.807, 2.05) is 12.1 Å². The Balaban J connectivity index is 1.53. The van der Waals surface area contributed by atoms with Crippen molar-refractivity contribution < 1.29 is 18.0 Å². The van der Waals surface area contributed by atoms with Gasteiger partial charge < -0.3 is 16.1 Å². The third-order valence-corrected chi connectivity index (χ3v) is 4.82. The zero-order valence-electron chi connectivity index (χ0n) is 13.7. The molecule has 1 fully saturated rings. The summed E-state index contributed by atoms with van der Waals surface area (Å²) >= 11 is 0.779. The van der Waals surface area contributed by atoms with E-state index in [0.29, 0.717) is 10.4 Å². The average Bonchev–Trinajstić information content (AvgIpc) is 3.23. The number of carbonyl (C=O) groups excluding carboxylic acids is 1. The quantitative estimate of drug-likeness (QED) is 0.606. The standard InChI is InChI=1S/C15H17F3N6OS/c16-15(17,18)13-21-22-14(24(13)19)26-9-12(25)20-10-3-5-11(6-4-10)23-7-1-2-8-23/h3-6H,1-2,7-9,19H2,(H,20,25). The number of anilines is 2. The Morgan fingerprint density at radius 2 is 1.85 bits per heavy atom. The van der Waals surface area contributed by atoms with Crippen molar-refractivity contribution in [2.45, 2.75) is 24.2 Å². The Kier molecular flexibility index (Phi) is 5.25. The zero-order chi connectivity index (χ0) is 18.7. The highest BCUT2D eigenvalue weighted by Crippen LogP contribution is 2.29. The largest absolute Gasteiger partial charge is 0.453 e. The summed E-state index contributed by atoms with van der Waals surface area (Å²) in [6.07, 6.45) is -2.34. The summed E-state index contributed by atoms with van der Waals surface area (Å²) in [5, 5.41) is 8.87. The Morgan fingerprint density at radius 1 is 1.19 bits per heavy atom. The number of nitrogens with two attached hydrogens (primary N) is 1. The van der Waals surface area contributed by atoms with Crippen LogP contribution in [0.15, 0.2) is 29.4 Å². The second-order valence-corrected chi connectivity index (χ2v) is 6.69. The molecule has 0 spiro atoms. The Bertz CT molecular complexity index is 771. The number of rotatable bonds is 5. The van der Waals surface area contributed by atoms with Gasteiger partial charge in [-0.3, -0.25) is 4.79 Å². The predicted octanol–water partition coefficient (Wildman–Crippen LogP) is 2.34. The molecule has 7 nitrogen and oxygen atoms in total. The number of hydrogen-bond acceptors (Lipinski definition) is 6. The van der Waals surface area contributed by atoms with Crippen molar-refractivity contribution in [2.75, 3.05) is 34.9 Å². The smallest absolute Gasteiger partial charge is 0.372 e. The number of thioether (sulfide) groups is 1. The van der Waals surface area contributed by atoms with Gasteiger partial charge in [0.1, 0.15) is 0 Å². The first kappa shape index (κ1) is 18.4. The van der Waals surface area contributed by atoms with E-state index in [2.05, 4.69) is 20.4 Å². The molecule has 3 N–H and O–H groups in total. The highest BCUT2D eigenvalue weighted by molar-refractivity contribution is 7.99. The molecule has 3 rings (SSSR count). The number of carbonyl (C=O) groups is 1. The number of alkyl halides is 3. The molecule has 0 atom stereocenters. The number of benzene rings is 1. The lowest BCUT2D eigenvalue weighted by Gasteiger charge is -2.17. The summed E-state index contributed by atoms with van der Waals surface area (Å²) in [6.45, 7) is 2.06. The van der Waals surface area contributed by atoms with Gasteiger partial charge in [0.15, 0.2) is 0 Å². The fourth-order valence-electron chi connectivity index (χ4n) is 2.63. The van der Waals surface area contributed by atoms with Crippen LogP contribution in [0.25, 0.3) is 0 Å². The van der Waals surface area contributed by atoms with Crippen molar-refractivity contribution in [3.05, 3.63) is 30.1 Å². The summed E-state index contributed by atoms with van der Waals surface area (Å²) in [5.41, 5.74) is 1.72. The van der Waals surface area contributed by atoms with Gasteiger partial charge in [0, 0.05) is 24.5 Å². The summed E-state index contributed by atoms with van der Waals surface area (Å²) in [7, 11) is 0. The fourth-order valence-corrected chi connectivity index (χ4v) is 3.28. The summed E-state index contributed by atoms with van der Waals surface area (Å²) in [4.78, 5) is 14.3. The minimum Gasteiger partial charge on any atom is -0.372 e. The van der Waals surface area contributed by atoms with Crippen LogP contribution in [-0.4, -0.2) is 39.6 Å².